The third kappa shape index (κ3) is 4.21. The molecule has 2 atom stereocenters. The molecule has 106 valence electrons. The summed E-state index contributed by atoms with van der Waals surface area (Å²) in [6.07, 6.45) is 2.25. The van der Waals surface area contributed by atoms with Crippen molar-refractivity contribution in [2.45, 2.75) is 22.3 Å². The van der Waals surface area contributed by atoms with E-state index in [1.54, 1.807) is 23.9 Å². The highest BCUT2D eigenvalue weighted by Crippen LogP contribution is 2.24. The number of hydrogen-bond acceptors (Lipinski definition) is 5. The van der Waals surface area contributed by atoms with Gasteiger partial charge >= 0.3 is 0 Å². The van der Waals surface area contributed by atoms with Gasteiger partial charge in [-0.05, 0) is 30.7 Å². The van der Waals surface area contributed by atoms with Crippen LogP contribution in [-0.4, -0.2) is 39.7 Å². The van der Waals surface area contributed by atoms with E-state index >= 15 is 0 Å². The maximum Gasteiger partial charge on any atom is 0.175 e. The van der Waals surface area contributed by atoms with Crippen LogP contribution in [0.1, 0.15) is 6.42 Å². The van der Waals surface area contributed by atoms with Gasteiger partial charge in [-0.25, -0.2) is 8.42 Å². The molecule has 0 aliphatic carbocycles. The van der Waals surface area contributed by atoms with Crippen LogP contribution in [0, 0.1) is 5.92 Å². The highest BCUT2D eigenvalue weighted by atomic mass is 32.2. The van der Waals surface area contributed by atoms with Gasteiger partial charge in [-0.15, -0.1) is 11.8 Å². The first-order valence-electron chi connectivity index (χ1n) is 6.23. The van der Waals surface area contributed by atoms with Gasteiger partial charge in [0.05, 0.1) is 11.5 Å². The summed E-state index contributed by atoms with van der Waals surface area (Å²) in [5, 5.41) is 0. The van der Waals surface area contributed by atoms with Crippen molar-refractivity contribution >= 4 is 21.6 Å². The molecule has 4 nitrogen and oxygen atoms in total. The van der Waals surface area contributed by atoms with Crippen molar-refractivity contribution < 1.29 is 13.2 Å². The Kier molecular flexibility index (Phi) is 4.89. The Labute approximate surface area is 118 Å². The van der Waals surface area contributed by atoms with Crippen molar-refractivity contribution in [1.82, 2.24) is 0 Å². The molecular formula is C13H19NO3S2. The minimum absolute atomic E-state index is 0.127. The average Bonchev–Trinajstić information content (AvgIpc) is 2.89. The second-order valence-corrected chi connectivity index (χ2v) is 7.95. The lowest BCUT2D eigenvalue weighted by Gasteiger charge is -2.16. The highest BCUT2D eigenvalue weighted by molar-refractivity contribution is 7.99. The molecule has 6 heteroatoms. The lowest BCUT2D eigenvalue weighted by atomic mass is 10.0. The predicted octanol–water partition coefficient (Wildman–Crippen LogP) is 1.55. The lowest BCUT2D eigenvalue weighted by molar-refractivity contribution is 0.182. The van der Waals surface area contributed by atoms with Crippen molar-refractivity contribution in [2.24, 2.45) is 11.7 Å². The predicted molar refractivity (Wildman–Crippen MR) is 77.2 cm³/mol. The summed E-state index contributed by atoms with van der Waals surface area (Å²) >= 11 is 1.66. The smallest absolute Gasteiger partial charge is 0.175 e. The van der Waals surface area contributed by atoms with Gasteiger partial charge in [0.25, 0.3) is 0 Å². The molecule has 1 saturated heterocycles. The van der Waals surface area contributed by atoms with Crippen LogP contribution < -0.4 is 5.73 Å². The van der Waals surface area contributed by atoms with Crippen LogP contribution in [0.2, 0.25) is 0 Å². The molecule has 0 bridgehead atoms. The number of benzene rings is 1. The van der Waals surface area contributed by atoms with E-state index < -0.39 is 9.84 Å². The van der Waals surface area contributed by atoms with Gasteiger partial charge in [0, 0.05) is 35.5 Å². The third-order valence-electron chi connectivity index (χ3n) is 3.26. The van der Waals surface area contributed by atoms with E-state index in [-0.39, 0.29) is 6.04 Å². The van der Waals surface area contributed by atoms with Crippen molar-refractivity contribution in [3.8, 4) is 0 Å². The number of hydrogen-bond donors (Lipinski definition) is 1. The standard InChI is InChI=1S/C13H19NO3S2/c1-19(15,16)12-4-2-11(3-5-12)18-9-13(14)10-6-7-17-8-10/h2-5,10,13H,6-9,14H2,1H3. The van der Waals surface area contributed by atoms with Crippen molar-refractivity contribution in [2.75, 3.05) is 25.2 Å². The molecule has 2 unspecified atom stereocenters. The molecule has 1 aliphatic rings. The Hall–Kier alpha value is -0.560. The topological polar surface area (TPSA) is 69.4 Å². The summed E-state index contributed by atoms with van der Waals surface area (Å²) in [5.74, 6) is 1.27. The Bertz CT molecular complexity index is 507. The summed E-state index contributed by atoms with van der Waals surface area (Å²) in [5.41, 5.74) is 6.13. The van der Waals surface area contributed by atoms with Gasteiger partial charge in [0.1, 0.15) is 0 Å². The minimum Gasteiger partial charge on any atom is -0.381 e. The molecule has 1 aliphatic heterocycles. The molecule has 0 aromatic heterocycles. The molecule has 19 heavy (non-hydrogen) atoms. The SMILES string of the molecule is CS(=O)(=O)c1ccc(SCC(N)C2CCOC2)cc1. The van der Waals surface area contributed by atoms with Gasteiger partial charge in [-0.1, -0.05) is 0 Å². The third-order valence-corrected chi connectivity index (χ3v) is 5.55. The van der Waals surface area contributed by atoms with Gasteiger partial charge in [-0.2, -0.15) is 0 Å². The van der Waals surface area contributed by atoms with E-state index in [1.165, 1.54) is 6.26 Å². The lowest BCUT2D eigenvalue weighted by Crippen LogP contribution is -2.32. The average molecular weight is 301 g/mol. The van der Waals surface area contributed by atoms with E-state index in [0.717, 1.165) is 30.3 Å². The van der Waals surface area contributed by atoms with Crippen molar-refractivity contribution in [3.63, 3.8) is 0 Å². The number of ether oxygens (including phenoxy) is 1. The zero-order valence-electron chi connectivity index (χ0n) is 10.9. The first kappa shape index (κ1) is 14.8. The number of thioether (sulfide) groups is 1. The largest absolute Gasteiger partial charge is 0.381 e. The molecule has 1 aromatic rings. The maximum atomic E-state index is 11.3. The molecule has 1 aromatic carbocycles. The Morgan fingerprint density at radius 2 is 2.11 bits per heavy atom. The summed E-state index contributed by atoms with van der Waals surface area (Å²) in [4.78, 5) is 1.40. The van der Waals surface area contributed by atoms with Crippen LogP contribution in [0.5, 0.6) is 0 Å². The molecular weight excluding hydrogens is 282 g/mol. The Morgan fingerprint density at radius 3 is 2.63 bits per heavy atom. The zero-order valence-corrected chi connectivity index (χ0v) is 12.5. The van der Waals surface area contributed by atoms with Crippen LogP contribution in [-0.2, 0) is 14.6 Å². The fourth-order valence-corrected chi connectivity index (χ4v) is 3.62. The Morgan fingerprint density at radius 1 is 1.42 bits per heavy atom. The maximum absolute atomic E-state index is 11.3. The normalized spacial score (nSPS) is 21.5. The molecule has 0 amide bonds. The first-order valence-corrected chi connectivity index (χ1v) is 9.11. The van der Waals surface area contributed by atoms with Crippen LogP contribution in [0.15, 0.2) is 34.1 Å². The molecule has 0 saturated carbocycles. The summed E-state index contributed by atoms with van der Waals surface area (Å²) in [7, 11) is -3.11. The molecule has 1 heterocycles. The zero-order chi connectivity index (χ0) is 13.9. The van der Waals surface area contributed by atoms with Crippen LogP contribution >= 0.6 is 11.8 Å². The fraction of sp³-hybridized carbons (Fsp3) is 0.538. The molecule has 0 spiro atoms. The molecule has 0 radical (unpaired) electrons. The first-order chi connectivity index (χ1) is 8.97. The van der Waals surface area contributed by atoms with Gasteiger partial charge in [0.15, 0.2) is 9.84 Å². The highest BCUT2D eigenvalue weighted by Gasteiger charge is 2.22. The van der Waals surface area contributed by atoms with E-state index in [2.05, 4.69) is 0 Å². The number of nitrogens with two attached hydrogens (primary N) is 1. The van der Waals surface area contributed by atoms with E-state index in [4.69, 9.17) is 10.5 Å². The molecule has 2 N–H and O–H groups in total. The molecule has 1 fully saturated rings. The van der Waals surface area contributed by atoms with Gasteiger partial charge in [-0.3, -0.25) is 0 Å². The second-order valence-electron chi connectivity index (χ2n) is 4.84. The Balaban J connectivity index is 1.89. The second kappa shape index (κ2) is 6.26. The van der Waals surface area contributed by atoms with Gasteiger partial charge in [0.2, 0.25) is 0 Å². The van der Waals surface area contributed by atoms with Gasteiger partial charge < -0.3 is 10.5 Å². The summed E-state index contributed by atoms with van der Waals surface area (Å²) in [6.45, 7) is 1.57. The van der Waals surface area contributed by atoms with E-state index in [0.29, 0.717) is 10.8 Å². The van der Waals surface area contributed by atoms with E-state index in [9.17, 15) is 8.42 Å². The van der Waals surface area contributed by atoms with Crippen LogP contribution in [0.3, 0.4) is 0 Å². The monoisotopic (exact) mass is 301 g/mol. The quantitative estimate of drug-likeness (QED) is 0.836. The van der Waals surface area contributed by atoms with Crippen molar-refractivity contribution in [3.05, 3.63) is 24.3 Å². The van der Waals surface area contributed by atoms with Crippen molar-refractivity contribution in [1.29, 1.82) is 0 Å². The summed E-state index contributed by atoms with van der Waals surface area (Å²) < 4.78 is 28.0. The van der Waals surface area contributed by atoms with Crippen LogP contribution in [0.25, 0.3) is 0 Å². The number of sulfone groups is 1. The van der Waals surface area contributed by atoms with E-state index in [1.807, 2.05) is 12.1 Å². The number of rotatable bonds is 5. The fourth-order valence-electron chi connectivity index (χ4n) is 2.00. The molecule has 2 rings (SSSR count). The van der Waals surface area contributed by atoms with Crippen LogP contribution in [0.4, 0.5) is 0 Å². The summed E-state index contributed by atoms with van der Waals surface area (Å²) in [6, 6.07) is 7.07. The minimum atomic E-state index is -3.11.